The van der Waals surface area contributed by atoms with Crippen molar-refractivity contribution in [2.45, 2.75) is 19.1 Å². The first-order chi connectivity index (χ1) is 9.61. The zero-order valence-corrected chi connectivity index (χ0v) is 13.4. The van der Waals surface area contributed by atoms with Gasteiger partial charge in [-0.05, 0) is 17.7 Å². The molecule has 20 heavy (non-hydrogen) atoms. The first kappa shape index (κ1) is 15.5. The molecule has 1 aromatic heterocycles. The Bertz CT molecular complexity index is 557. The lowest BCUT2D eigenvalue weighted by Gasteiger charge is -2.14. The van der Waals surface area contributed by atoms with Crippen molar-refractivity contribution in [3.63, 3.8) is 0 Å². The first-order valence-corrected chi connectivity index (χ1v) is 7.41. The third-order valence-electron chi connectivity index (χ3n) is 3.00. The number of nitrogens with zero attached hydrogens (tertiary/aromatic N) is 2. The molecule has 2 aromatic rings. The van der Waals surface area contributed by atoms with E-state index >= 15 is 0 Å². The van der Waals surface area contributed by atoms with Gasteiger partial charge in [0.2, 0.25) is 0 Å². The third kappa shape index (κ3) is 3.82. The number of aliphatic hydroxyl groups is 1. The van der Waals surface area contributed by atoms with Crippen LogP contribution in [0.5, 0.6) is 0 Å². The second-order valence-electron chi connectivity index (χ2n) is 4.44. The van der Waals surface area contributed by atoms with Crippen molar-refractivity contribution >= 4 is 27.5 Å². The Morgan fingerprint density at radius 2 is 2.10 bits per heavy atom. The molecule has 4 nitrogen and oxygen atoms in total. The molecular formula is C14H16BrClN2O2. The van der Waals surface area contributed by atoms with E-state index in [0.717, 1.165) is 10.0 Å². The zero-order valence-electron chi connectivity index (χ0n) is 11.1. The minimum Gasteiger partial charge on any atom is -0.386 e. The molecule has 1 N–H and O–H groups in total. The molecule has 2 rings (SSSR count). The zero-order chi connectivity index (χ0) is 14.5. The van der Waals surface area contributed by atoms with Gasteiger partial charge >= 0.3 is 0 Å². The van der Waals surface area contributed by atoms with Crippen LogP contribution in [0.25, 0.3) is 0 Å². The molecule has 0 spiro atoms. The summed E-state index contributed by atoms with van der Waals surface area (Å²) in [6.07, 6.45) is 1.35. The lowest BCUT2D eigenvalue weighted by Crippen LogP contribution is -2.14. The highest BCUT2D eigenvalue weighted by Crippen LogP contribution is 2.26. The highest BCUT2D eigenvalue weighted by Gasteiger charge is 2.18. The molecule has 0 bridgehead atoms. The van der Waals surface area contributed by atoms with E-state index in [9.17, 15) is 5.11 Å². The van der Waals surface area contributed by atoms with Crippen molar-refractivity contribution < 1.29 is 9.84 Å². The smallest absolute Gasteiger partial charge is 0.101 e. The molecule has 108 valence electrons. The van der Waals surface area contributed by atoms with Crippen molar-refractivity contribution in [1.29, 1.82) is 0 Å². The third-order valence-corrected chi connectivity index (χ3v) is 3.82. The van der Waals surface area contributed by atoms with Crippen molar-refractivity contribution in [3.05, 3.63) is 51.2 Å². The van der Waals surface area contributed by atoms with E-state index in [0.29, 0.717) is 30.3 Å². The van der Waals surface area contributed by atoms with Gasteiger partial charge in [-0.25, -0.2) is 0 Å². The number of aromatic nitrogens is 2. The highest BCUT2D eigenvalue weighted by atomic mass is 79.9. The number of rotatable bonds is 6. The molecule has 1 heterocycles. The quantitative estimate of drug-likeness (QED) is 0.861. The summed E-state index contributed by atoms with van der Waals surface area (Å²) in [6, 6.07) is 7.84. The molecular weight excluding hydrogens is 344 g/mol. The molecule has 6 heteroatoms. The molecule has 0 aliphatic rings. The van der Waals surface area contributed by atoms with Crippen LogP contribution in [-0.4, -0.2) is 28.6 Å². The number of methoxy groups -OCH3 is 1. The maximum absolute atomic E-state index is 10.4. The summed E-state index contributed by atoms with van der Waals surface area (Å²) in [5, 5.41) is 15.0. The van der Waals surface area contributed by atoms with Gasteiger partial charge in [-0.3, -0.25) is 4.68 Å². The Hall–Kier alpha value is -0.880. The van der Waals surface area contributed by atoms with Crippen LogP contribution in [0, 0.1) is 0 Å². The van der Waals surface area contributed by atoms with E-state index in [1.807, 2.05) is 24.3 Å². The van der Waals surface area contributed by atoms with E-state index in [1.165, 1.54) is 0 Å². The van der Waals surface area contributed by atoms with Gasteiger partial charge < -0.3 is 9.84 Å². The van der Waals surface area contributed by atoms with E-state index in [-0.39, 0.29) is 0 Å². The Balaban J connectivity index is 2.13. The molecule has 1 unspecified atom stereocenters. The fourth-order valence-corrected chi connectivity index (χ4v) is 2.53. The SMILES string of the molecule is COCCn1ncc(Cl)c1C(O)Cc1ccc(Br)cc1. The van der Waals surface area contributed by atoms with E-state index < -0.39 is 6.10 Å². The van der Waals surface area contributed by atoms with Gasteiger partial charge in [0.15, 0.2) is 0 Å². The van der Waals surface area contributed by atoms with Gasteiger partial charge in [0.05, 0.1) is 30.1 Å². The highest BCUT2D eigenvalue weighted by molar-refractivity contribution is 9.10. The fourth-order valence-electron chi connectivity index (χ4n) is 2.00. The van der Waals surface area contributed by atoms with Crippen LogP contribution in [0.3, 0.4) is 0 Å². The summed E-state index contributed by atoms with van der Waals surface area (Å²) in [5.41, 5.74) is 1.67. The van der Waals surface area contributed by atoms with Gasteiger partial charge in [0.25, 0.3) is 0 Å². The van der Waals surface area contributed by atoms with Crippen molar-refractivity contribution in [2.75, 3.05) is 13.7 Å². The molecule has 0 amide bonds. The number of benzene rings is 1. The first-order valence-electron chi connectivity index (χ1n) is 6.24. The van der Waals surface area contributed by atoms with Crippen molar-refractivity contribution in [3.8, 4) is 0 Å². The van der Waals surface area contributed by atoms with E-state index in [1.54, 1.807) is 18.0 Å². The number of hydrogen-bond acceptors (Lipinski definition) is 3. The summed E-state index contributed by atoms with van der Waals surface area (Å²) in [5.74, 6) is 0. The average Bonchev–Trinajstić information content (AvgIpc) is 2.80. The van der Waals surface area contributed by atoms with E-state index in [2.05, 4.69) is 21.0 Å². The molecule has 0 radical (unpaired) electrons. The summed E-state index contributed by atoms with van der Waals surface area (Å²) in [4.78, 5) is 0. The van der Waals surface area contributed by atoms with Gasteiger partial charge in [0.1, 0.15) is 6.10 Å². The molecule has 0 fully saturated rings. The minimum atomic E-state index is -0.692. The van der Waals surface area contributed by atoms with Crippen molar-refractivity contribution in [1.82, 2.24) is 9.78 Å². The maximum atomic E-state index is 10.4. The Morgan fingerprint density at radius 1 is 1.40 bits per heavy atom. The van der Waals surface area contributed by atoms with Gasteiger partial charge in [-0.15, -0.1) is 0 Å². The summed E-state index contributed by atoms with van der Waals surface area (Å²) >= 11 is 9.51. The number of ether oxygens (including phenoxy) is 1. The standard InChI is InChI=1S/C14H16BrClN2O2/c1-20-7-6-18-14(12(16)9-17-18)13(19)8-10-2-4-11(15)5-3-10/h2-5,9,13,19H,6-8H2,1H3. The predicted molar refractivity (Wildman–Crippen MR) is 81.9 cm³/mol. The topological polar surface area (TPSA) is 47.3 Å². The second kappa shape index (κ2) is 7.22. The van der Waals surface area contributed by atoms with Crippen LogP contribution in [0.2, 0.25) is 5.02 Å². The van der Waals surface area contributed by atoms with Crippen molar-refractivity contribution in [2.24, 2.45) is 0 Å². The number of hydrogen-bond donors (Lipinski definition) is 1. The van der Waals surface area contributed by atoms with Crippen LogP contribution < -0.4 is 0 Å². The van der Waals surface area contributed by atoms with Crippen LogP contribution in [-0.2, 0) is 17.7 Å². The lowest BCUT2D eigenvalue weighted by molar-refractivity contribution is 0.153. The molecule has 1 aromatic carbocycles. The number of aliphatic hydroxyl groups excluding tert-OH is 1. The predicted octanol–water partition coefficient (Wildman–Crippen LogP) is 3.22. The van der Waals surface area contributed by atoms with E-state index in [4.69, 9.17) is 16.3 Å². The molecule has 0 saturated heterocycles. The molecule has 0 aliphatic carbocycles. The molecule has 0 saturated carbocycles. The monoisotopic (exact) mass is 358 g/mol. The van der Waals surface area contributed by atoms with Crippen LogP contribution in [0.1, 0.15) is 17.4 Å². The normalized spacial score (nSPS) is 12.6. The molecule has 0 aliphatic heterocycles. The number of halogens is 2. The van der Waals surface area contributed by atoms with Crippen LogP contribution in [0.4, 0.5) is 0 Å². The van der Waals surface area contributed by atoms with Crippen LogP contribution in [0.15, 0.2) is 34.9 Å². The van der Waals surface area contributed by atoms with Crippen LogP contribution >= 0.6 is 27.5 Å². The summed E-state index contributed by atoms with van der Waals surface area (Å²) < 4.78 is 7.73. The Kier molecular flexibility index (Phi) is 5.60. The van der Waals surface area contributed by atoms with Gasteiger partial charge in [-0.1, -0.05) is 39.7 Å². The largest absolute Gasteiger partial charge is 0.386 e. The Labute approximate surface area is 131 Å². The van der Waals surface area contributed by atoms with Gasteiger partial charge in [-0.2, -0.15) is 5.10 Å². The molecule has 1 atom stereocenters. The minimum absolute atomic E-state index is 0.478. The lowest BCUT2D eigenvalue weighted by atomic mass is 10.1. The maximum Gasteiger partial charge on any atom is 0.101 e. The summed E-state index contributed by atoms with van der Waals surface area (Å²) in [6.45, 7) is 1.09. The Morgan fingerprint density at radius 3 is 2.75 bits per heavy atom. The fraction of sp³-hybridized carbons (Fsp3) is 0.357. The van der Waals surface area contributed by atoms with Gasteiger partial charge in [0, 0.05) is 18.0 Å². The second-order valence-corrected chi connectivity index (χ2v) is 5.76. The summed E-state index contributed by atoms with van der Waals surface area (Å²) in [7, 11) is 1.63. The average molecular weight is 360 g/mol.